The molecule has 2 aromatic carbocycles. The average molecular weight is 381 g/mol. The molecule has 0 amide bonds. The number of hydrogen-bond acceptors (Lipinski definition) is 5. The fraction of sp³-hybridized carbons (Fsp3) is 0.318. The predicted molar refractivity (Wildman–Crippen MR) is 101 cm³/mol. The van der Waals surface area contributed by atoms with Crippen molar-refractivity contribution in [2.45, 2.75) is 25.5 Å². The third-order valence-corrected chi connectivity index (χ3v) is 5.31. The van der Waals surface area contributed by atoms with Crippen LogP contribution in [0.3, 0.4) is 0 Å². The number of Topliss-reactive ketones (excluding diaryl/α,β-unsaturated/α-hetero) is 1. The highest BCUT2D eigenvalue weighted by Crippen LogP contribution is 2.42. The first kappa shape index (κ1) is 17.4. The van der Waals surface area contributed by atoms with Gasteiger partial charge in [-0.2, -0.15) is 0 Å². The van der Waals surface area contributed by atoms with Gasteiger partial charge in [-0.3, -0.25) is 9.69 Å². The summed E-state index contributed by atoms with van der Waals surface area (Å²) in [4.78, 5) is 14.9. The van der Waals surface area contributed by atoms with Crippen LogP contribution >= 0.6 is 0 Å². The van der Waals surface area contributed by atoms with Crippen molar-refractivity contribution < 1.29 is 23.4 Å². The van der Waals surface area contributed by atoms with E-state index in [1.165, 1.54) is 12.1 Å². The second-order valence-electron chi connectivity index (χ2n) is 7.33. The highest BCUT2D eigenvalue weighted by Gasteiger charge is 2.34. The summed E-state index contributed by atoms with van der Waals surface area (Å²) in [7, 11) is 0. The Morgan fingerprint density at radius 2 is 2.18 bits per heavy atom. The Kier molecular flexibility index (Phi) is 4.37. The molecule has 0 aliphatic carbocycles. The Hall–Kier alpha value is -2.70. The van der Waals surface area contributed by atoms with Crippen LogP contribution < -0.4 is 9.47 Å². The van der Waals surface area contributed by atoms with Crippen molar-refractivity contribution in [1.29, 1.82) is 0 Å². The number of benzene rings is 2. The van der Waals surface area contributed by atoms with Gasteiger partial charge in [-0.1, -0.05) is 12.1 Å². The van der Waals surface area contributed by atoms with Gasteiger partial charge in [0.2, 0.25) is 5.78 Å². The molecule has 0 saturated carbocycles. The summed E-state index contributed by atoms with van der Waals surface area (Å²) < 4.78 is 31.0. The lowest BCUT2D eigenvalue weighted by molar-refractivity contribution is 0.0274. The smallest absolute Gasteiger partial charge is 0.231 e. The number of fused-ring (bicyclic) bond motifs is 3. The lowest BCUT2D eigenvalue weighted by Crippen LogP contribution is -2.37. The molecule has 6 heteroatoms. The zero-order valence-electron chi connectivity index (χ0n) is 15.3. The van der Waals surface area contributed by atoms with Gasteiger partial charge in [-0.15, -0.1) is 0 Å². The highest BCUT2D eigenvalue weighted by molar-refractivity contribution is 6.15. The summed E-state index contributed by atoms with van der Waals surface area (Å²) >= 11 is 0. The minimum Gasteiger partial charge on any atom is -0.478 e. The number of allylic oxidation sites excluding steroid dienone is 1. The molecular weight excluding hydrogens is 361 g/mol. The van der Waals surface area contributed by atoms with E-state index >= 15 is 0 Å². The molecule has 3 heterocycles. The van der Waals surface area contributed by atoms with Crippen LogP contribution in [0.4, 0.5) is 4.39 Å². The zero-order chi connectivity index (χ0) is 19.1. The maximum atomic E-state index is 13.4. The maximum absolute atomic E-state index is 13.4. The Morgan fingerprint density at radius 3 is 3.00 bits per heavy atom. The Morgan fingerprint density at radius 1 is 1.25 bits per heavy atom. The van der Waals surface area contributed by atoms with Crippen molar-refractivity contribution in [3.05, 3.63) is 64.7 Å². The quantitative estimate of drug-likeness (QED) is 0.758. The van der Waals surface area contributed by atoms with Crippen LogP contribution in [0, 0.1) is 5.82 Å². The van der Waals surface area contributed by atoms with E-state index in [2.05, 4.69) is 4.90 Å². The van der Waals surface area contributed by atoms with E-state index in [9.17, 15) is 9.18 Å². The molecular formula is C22H20FNO4. The van der Waals surface area contributed by atoms with Crippen molar-refractivity contribution >= 4 is 11.9 Å². The number of carbonyl (C=O) groups is 1. The predicted octanol–water partition coefficient (Wildman–Crippen LogP) is 3.77. The largest absolute Gasteiger partial charge is 0.478 e. The fourth-order valence-electron chi connectivity index (χ4n) is 3.95. The molecule has 1 saturated heterocycles. The van der Waals surface area contributed by atoms with Crippen LogP contribution in [0.15, 0.2) is 42.2 Å². The molecule has 0 N–H and O–H groups in total. The summed E-state index contributed by atoms with van der Waals surface area (Å²) in [6, 6.07) is 9.63. The van der Waals surface area contributed by atoms with Crippen molar-refractivity contribution in [3.63, 3.8) is 0 Å². The van der Waals surface area contributed by atoms with Crippen molar-refractivity contribution in [2.75, 3.05) is 19.9 Å². The van der Waals surface area contributed by atoms with E-state index in [4.69, 9.17) is 14.2 Å². The third kappa shape index (κ3) is 3.19. The molecule has 2 aromatic rings. The summed E-state index contributed by atoms with van der Waals surface area (Å²) in [5.74, 6) is 0.931. The summed E-state index contributed by atoms with van der Waals surface area (Å²) in [6.45, 7) is 2.74. The van der Waals surface area contributed by atoms with E-state index in [1.807, 2.05) is 6.07 Å². The van der Waals surface area contributed by atoms with Gasteiger partial charge in [0.05, 0.1) is 17.2 Å². The molecule has 1 fully saturated rings. The molecule has 0 spiro atoms. The second kappa shape index (κ2) is 7.04. The molecule has 0 radical (unpaired) electrons. The normalized spacial score (nSPS) is 22.7. The van der Waals surface area contributed by atoms with Gasteiger partial charge in [-0.25, -0.2) is 4.39 Å². The number of nitrogens with zero attached hydrogens (tertiary/aromatic N) is 1. The van der Waals surface area contributed by atoms with Crippen LogP contribution in [0.1, 0.15) is 34.3 Å². The fourth-order valence-corrected chi connectivity index (χ4v) is 3.95. The average Bonchev–Trinajstić information content (AvgIpc) is 3.31. The van der Waals surface area contributed by atoms with Gasteiger partial charge >= 0.3 is 0 Å². The van der Waals surface area contributed by atoms with Crippen molar-refractivity contribution in [2.24, 2.45) is 0 Å². The number of halogens is 1. The van der Waals surface area contributed by atoms with Crippen LogP contribution in [-0.2, 0) is 11.3 Å². The number of rotatable bonds is 3. The standard InChI is InChI=1S/C22H20FNO4/c23-15-4-1-3-14(9-15)10-20-21(25)17-6-7-19-18(22(17)28-20)12-24(13-27-19)11-16-5-2-8-26-16/h1,3-4,6-7,9-10,16H,2,5,8,11-13H2/b20-10-. The number of hydrogen-bond donors (Lipinski definition) is 0. The summed E-state index contributed by atoms with van der Waals surface area (Å²) in [5, 5.41) is 0. The molecule has 1 unspecified atom stereocenters. The van der Waals surface area contributed by atoms with Gasteiger partial charge in [0, 0.05) is 19.7 Å². The van der Waals surface area contributed by atoms with Gasteiger partial charge < -0.3 is 14.2 Å². The van der Waals surface area contributed by atoms with Gasteiger partial charge in [-0.05, 0) is 48.7 Å². The zero-order valence-corrected chi connectivity index (χ0v) is 15.3. The second-order valence-corrected chi connectivity index (χ2v) is 7.33. The molecule has 5 rings (SSSR count). The van der Waals surface area contributed by atoms with Crippen LogP contribution in [0.25, 0.3) is 6.08 Å². The minimum absolute atomic E-state index is 0.196. The number of ketones is 1. The molecule has 1 atom stereocenters. The molecule has 0 bridgehead atoms. The van der Waals surface area contributed by atoms with Crippen LogP contribution in [-0.4, -0.2) is 36.7 Å². The topological polar surface area (TPSA) is 48.0 Å². The lowest BCUT2D eigenvalue weighted by Gasteiger charge is -2.31. The van der Waals surface area contributed by atoms with Crippen LogP contribution in [0.2, 0.25) is 0 Å². The molecule has 5 nitrogen and oxygen atoms in total. The van der Waals surface area contributed by atoms with Gasteiger partial charge in [0.1, 0.15) is 24.0 Å². The first-order valence-corrected chi connectivity index (χ1v) is 9.50. The minimum atomic E-state index is -0.354. The van der Waals surface area contributed by atoms with E-state index < -0.39 is 0 Å². The Balaban J connectivity index is 1.42. The highest BCUT2D eigenvalue weighted by atomic mass is 19.1. The molecule has 144 valence electrons. The monoisotopic (exact) mass is 381 g/mol. The molecule has 3 aliphatic rings. The first-order valence-electron chi connectivity index (χ1n) is 9.50. The van der Waals surface area contributed by atoms with Gasteiger partial charge in [0.15, 0.2) is 5.76 Å². The molecule has 0 aromatic heterocycles. The van der Waals surface area contributed by atoms with Crippen molar-refractivity contribution in [1.82, 2.24) is 4.90 Å². The lowest BCUT2D eigenvalue weighted by atomic mass is 10.0. The summed E-state index contributed by atoms with van der Waals surface area (Å²) in [6.07, 6.45) is 3.96. The third-order valence-electron chi connectivity index (χ3n) is 5.31. The molecule has 28 heavy (non-hydrogen) atoms. The van der Waals surface area contributed by atoms with Crippen LogP contribution in [0.5, 0.6) is 11.5 Å². The number of ether oxygens (including phenoxy) is 3. The number of carbonyl (C=O) groups excluding carboxylic acids is 1. The van der Waals surface area contributed by atoms with E-state index in [1.54, 1.807) is 24.3 Å². The van der Waals surface area contributed by atoms with Crippen molar-refractivity contribution in [3.8, 4) is 11.5 Å². The van der Waals surface area contributed by atoms with E-state index in [0.29, 0.717) is 30.2 Å². The maximum Gasteiger partial charge on any atom is 0.231 e. The molecule has 3 aliphatic heterocycles. The van der Waals surface area contributed by atoms with E-state index in [0.717, 1.165) is 37.3 Å². The van der Waals surface area contributed by atoms with E-state index in [-0.39, 0.29) is 23.5 Å². The Labute approximate surface area is 162 Å². The summed E-state index contributed by atoms with van der Waals surface area (Å²) in [5.41, 5.74) is 1.97. The van der Waals surface area contributed by atoms with Gasteiger partial charge in [0.25, 0.3) is 0 Å². The Bertz CT molecular complexity index is 965. The SMILES string of the molecule is O=C1/C(=C/c2cccc(F)c2)Oc2c1ccc1c2CN(CC2CCCO2)CO1. The first-order chi connectivity index (χ1) is 13.7.